The van der Waals surface area contributed by atoms with Gasteiger partial charge in [-0.2, -0.15) is 0 Å². The van der Waals surface area contributed by atoms with Gasteiger partial charge in [0.05, 0.1) is 10.6 Å². The molecular weight excluding hydrogens is 388 g/mol. The number of hydrogen-bond acceptors (Lipinski definition) is 6. The summed E-state index contributed by atoms with van der Waals surface area (Å²) in [6, 6.07) is 4.06. The molecule has 1 heterocycles. The summed E-state index contributed by atoms with van der Waals surface area (Å²) in [5.74, 6) is -1.43. The van der Waals surface area contributed by atoms with Crippen LogP contribution in [0.15, 0.2) is 24.3 Å². The highest BCUT2D eigenvalue weighted by Crippen LogP contribution is 2.25. The first-order valence-corrected chi connectivity index (χ1v) is 8.51. The molecule has 0 fully saturated rings. The molecule has 1 N–H and O–H groups in total. The highest BCUT2D eigenvalue weighted by atomic mass is 35.5. The molecule has 28 heavy (non-hydrogen) atoms. The van der Waals surface area contributed by atoms with Crippen LogP contribution in [0.2, 0.25) is 5.02 Å². The average molecular weight is 405 g/mol. The fourth-order valence-electron chi connectivity index (χ4n) is 2.75. The third-order valence-corrected chi connectivity index (χ3v) is 4.31. The lowest BCUT2D eigenvalue weighted by Gasteiger charge is -2.02. The van der Waals surface area contributed by atoms with Gasteiger partial charge in [0.15, 0.2) is 12.4 Å². The van der Waals surface area contributed by atoms with Crippen LogP contribution in [0, 0.1) is 24.0 Å². The second kappa shape index (κ2) is 8.62. The van der Waals surface area contributed by atoms with E-state index in [0.717, 1.165) is 6.08 Å². The van der Waals surface area contributed by atoms with E-state index in [4.69, 9.17) is 16.3 Å². The quantitative estimate of drug-likeness (QED) is 0.246. The van der Waals surface area contributed by atoms with Crippen LogP contribution in [0.4, 0.5) is 5.69 Å². The summed E-state index contributed by atoms with van der Waals surface area (Å²) < 4.78 is 4.91. The van der Waals surface area contributed by atoms with E-state index >= 15 is 0 Å². The van der Waals surface area contributed by atoms with Crippen LogP contribution in [-0.4, -0.2) is 34.0 Å². The molecule has 0 aliphatic rings. The number of carbonyl (C=O) groups excluding carboxylic acids is 3. The smallest absolute Gasteiger partial charge is 0.331 e. The van der Waals surface area contributed by atoms with Gasteiger partial charge in [0.25, 0.3) is 5.69 Å². The van der Waals surface area contributed by atoms with E-state index < -0.39 is 23.3 Å². The summed E-state index contributed by atoms with van der Waals surface area (Å²) in [5, 5.41) is 10.8. The van der Waals surface area contributed by atoms with E-state index in [-0.39, 0.29) is 22.2 Å². The number of aryl methyl sites for hydroxylation is 1. The van der Waals surface area contributed by atoms with Crippen LogP contribution in [0.25, 0.3) is 6.08 Å². The summed E-state index contributed by atoms with van der Waals surface area (Å²) in [7, 11) is 0. The van der Waals surface area contributed by atoms with Gasteiger partial charge in [0.1, 0.15) is 5.02 Å². The second-order valence-corrected chi connectivity index (χ2v) is 6.42. The Morgan fingerprint density at radius 2 is 1.96 bits per heavy atom. The molecule has 0 spiro atoms. The van der Waals surface area contributed by atoms with Crippen molar-refractivity contribution in [1.82, 2.24) is 4.98 Å². The number of aromatic nitrogens is 1. The lowest BCUT2D eigenvalue weighted by molar-refractivity contribution is -0.384. The molecule has 2 aromatic rings. The molecule has 0 amide bonds. The molecule has 0 unspecified atom stereocenters. The molecule has 0 bridgehead atoms. The molecular formula is C19H17ClN2O6. The fourth-order valence-corrected chi connectivity index (χ4v) is 2.94. The molecule has 0 atom stereocenters. The Bertz CT molecular complexity index is 1010. The number of ketones is 2. The SMILES string of the molecule is CC(=O)c1c(C)[nH]c(C(=O)COC(=O)C=Cc2ccc(Cl)c([N+](=O)[O-])c2)c1C. The van der Waals surface area contributed by atoms with Crippen LogP contribution in [0.5, 0.6) is 0 Å². The summed E-state index contributed by atoms with van der Waals surface area (Å²) >= 11 is 5.72. The number of esters is 1. The topological polar surface area (TPSA) is 119 Å². The normalized spacial score (nSPS) is 10.9. The van der Waals surface area contributed by atoms with Gasteiger partial charge in [-0.05, 0) is 44.0 Å². The third kappa shape index (κ3) is 4.72. The number of Topliss-reactive ketones (excluding diaryl/α,β-unsaturated/α-hetero) is 2. The van der Waals surface area contributed by atoms with E-state index in [1.165, 1.54) is 31.2 Å². The number of rotatable bonds is 7. The number of halogens is 1. The minimum absolute atomic E-state index is 0.0168. The van der Waals surface area contributed by atoms with Gasteiger partial charge in [-0.25, -0.2) is 4.79 Å². The largest absolute Gasteiger partial charge is 0.454 e. The van der Waals surface area contributed by atoms with Crippen LogP contribution < -0.4 is 0 Å². The number of ether oxygens (including phenoxy) is 1. The lowest BCUT2D eigenvalue weighted by Crippen LogP contribution is -2.14. The van der Waals surface area contributed by atoms with Gasteiger partial charge in [-0.15, -0.1) is 0 Å². The van der Waals surface area contributed by atoms with Crippen LogP contribution in [-0.2, 0) is 9.53 Å². The Hall–Kier alpha value is -3.26. The lowest BCUT2D eigenvalue weighted by atomic mass is 10.1. The molecule has 0 saturated heterocycles. The van der Waals surface area contributed by atoms with Crippen molar-refractivity contribution in [1.29, 1.82) is 0 Å². The van der Waals surface area contributed by atoms with E-state index in [2.05, 4.69) is 4.98 Å². The minimum Gasteiger partial charge on any atom is -0.454 e. The van der Waals surface area contributed by atoms with E-state index in [1.54, 1.807) is 13.8 Å². The number of carbonyl (C=O) groups is 3. The molecule has 9 heteroatoms. The number of hydrogen-bond donors (Lipinski definition) is 1. The first kappa shape index (κ1) is 21.0. The first-order chi connectivity index (χ1) is 13.1. The van der Waals surface area contributed by atoms with E-state index in [1.807, 2.05) is 0 Å². The number of benzene rings is 1. The third-order valence-electron chi connectivity index (χ3n) is 3.99. The van der Waals surface area contributed by atoms with Crippen molar-refractivity contribution >= 4 is 40.9 Å². The zero-order valence-electron chi connectivity index (χ0n) is 15.4. The van der Waals surface area contributed by atoms with Crippen LogP contribution in [0.3, 0.4) is 0 Å². The fraction of sp³-hybridized carbons (Fsp3) is 0.211. The Morgan fingerprint density at radius 3 is 2.54 bits per heavy atom. The van der Waals surface area contributed by atoms with Crippen molar-refractivity contribution in [2.24, 2.45) is 0 Å². The maximum atomic E-state index is 12.3. The number of nitrogens with one attached hydrogen (secondary N) is 1. The molecule has 1 aromatic heterocycles. The Balaban J connectivity index is 2.03. The van der Waals surface area contributed by atoms with Gasteiger partial charge in [0.2, 0.25) is 5.78 Å². The van der Waals surface area contributed by atoms with Gasteiger partial charge >= 0.3 is 5.97 Å². The van der Waals surface area contributed by atoms with Crippen molar-refractivity contribution in [3.8, 4) is 0 Å². The predicted octanol–water partition coefficient (Wildman–Crippen LogP) is 3.84. The highest BCUT2D eigenvalue weighted by Gasteiger charge is 2.20. The maximum Gasteiger partial charge on any atom is 0.331 e. The number of nitro benzene ring substituents is 1. The Kier molecular flexibility index (Phi) is 6.48. The zero-order valence-corrected chi connectivity index (χ0v) is 16.1. The molecule has 1 aromatic carbocycles. The van der Waals surface area contributed by atoms with Crippen molar-refractivity contribution in [2.45, 2.75) is 20.8 Å². The Labute approximate surface area is 165 Å². The Morgan fingerprint density at radius 1 is 1.29 bits per heavy atom. The summed E-state index contributed by atoms with van der Waals surface area (Å²) in [5.41, 5.74) is 1.83. The zero-order chi connectivity index (χ0) is 21.0. The summed E-state index contributed by atoms with van der Waals surface area (Å²) in [6.45, 7) is 4.22. The van der Waals surface area contributed by atoms with Gasteiger partial charge < -0.3 is 9.72 Å². The summed E-state index contributed by atoms with van der Waals surface area (Å²) in [6.07, 6.45) is 2.36. The van der Waals surface area contributed by atoms with Crippen molar-refractivity contribution < 1.29 is 24.0 Å². The van der Waals surface area contributed by atoms with Crippen LogP contribution in [0.1, 0.15) is 44.6 Å². The van der Waals surface area contributed by atoms with Crippen LogP contribution >= 0.6 is 11.6 Å². The maximum absolute atomic E-state index is 12.3. The highest BCUT2D eigenvalue weighted by molar-refractivity contribution is 6.32. The van der Waals surface area contributed by atoms with Crippen molar-refractivity contribution in [3.05, 3.63) is 67.5 Å². The standard InChI is InChI=1S/C19H17ClN2O6/c1-10-18(12(3)23)11(2)21-19(10)16(24)9-28-17(25)7-5-13-4-6-14(20)15(8-13)22(26)27/h4-8,21H,9H2,1-3H3. The second-order valence-electron chi connectivity index (χ2n) is 6.01. The van der Waals surface area contributed by atoms with Gasteiger partial charge in [0, 0.05) is 23.4 Å². The molecule has 8 nitrogen and oxygen atoms in total. The van der Waals surface area contributed by atoms with E-state index in [0.29, 0.717) is 22.4 Å². The molecule has 0 saturated carbocycles. The monoisotopic (exact) mass is 404 g/mol. The van der Waals surface area contributed by atoms with Gasteiger partial charge in [-0.3, -0.25) is 19.7 Å². The first-order valence-electron chi connectivity index (χ1n) is 8.14. The number of aromatic amines is 1. The van der Waals surface area contributed by atoms with Crippen molar-refractivity contribution in [3.63, 3.8) is 0 Å². The molecule has 0 aliphatic heterocycles. The number of H-pyrrole nitrogens is 1. The molecule has 0 radical (unpaired) electrons. The van der Waals surface area contributed by atoms with E-state index in [9.17, 15) is 24.5 Å². The number of nitrogens with zero attached hydrogens (tertiary/aromatic N) is 1. The van der Waals surface area contributed by atoms with Gasteiger partial charge in [-0.1, -0.05) is 17.7 Å². The minimum atomic E-state index is -0.793. The van der Waals surface area contributed by atoms with Crippen molar-refractivity contribution in [2.75, 3.05) is 6.61 Å². The molecule has 2 rings (SSSR count). The molecule has 146 valence electrons. The molecule has 0 aliphatic carbocycles. The predicted molar refractivity (Wildman–Crippen MR) is 103 cm³/mol. The average Bonchev–Trinajstić information content (AvgIpc) is 2.93. The summed E-state index contributed by atoms with van der Waals surface area (Å²) in [4.78, 5) is 48.8. The number of nitro groups is 1.